The van der Waals surface area contributed by atoms with Gasteiger partial charge in [0.15, 0.2) is 0 Å². The van der Waals surface area contributed by atoms with Crippen LogP contribution in [-0.2, 0) is 9.53 Å². The van der Waals surface area contributed by atoms with E-state index in [-0.39, 0.29) is 5.97 Å². The van der Waals surface area contributed by atoms with Gasteiger partial charge in [-0.2, -0.15) is 0 Å². The van der Waals surface area contributed by atoms with Gasteiger partial charge in [0.2, 0.25) is 0 Å². The molecule has 0 bridgehead atoms. The molecular weight excluding hydrogens is 185 g/mol. The Bertz CT molecular complexity index is 97.0. The molecule has 0 spiro atoms. The zero-order valence-electron chi connectivity index (χ0n) is 5.33. The first-order valence-electron chi connectivity index (χ1n) is 2.75. The van der Waals surface area contributed by atoms with E-state index in [2.05, 4.69) is 20.7 Å². The Morgan fingerprint density at radius 2 is 2.44 bits per heavy atom. The summed E-state index contributed by atoms with van der Waals surface area (Å²) in [5.74, 6) is -0.321. The van der Waals surface area contributed by atoms with Gasteiger partial charge >= 0.3 is 62.1 Å². The predicted molar refractivity (Wildman–Crippen MR) is 36.6 cm³/mol. The maximum absolute atomic E-state index is 10.6. The molecule has 0 radical (unpaired) electrons. The molecule has 0 aliphatic carbocycles. The molecule has 1 atom stereocenters. The van der Waals surface area contributed by atoms with Crippen molar-refractivity contribution >= 4 is 22.0 Å². The van der Waals surface area contributed by atoms with Crippen LogP contribution in [0.15, 0.2) is 0 Å². The van der Waals surface area contributed by atoms with Gasteiger partial charge in [-0.05, 0) is 0 Å². The Hall–Kier alpha value is -0.0505. The van der Waals surface area contributed by atoms with Crippen molar-refractivity contribution in [2.45, 2.75) is 18.3 Å². The summed E-state index contributed by atoms with van der Waals surface area (Å²) in [5, 5.41) is 0.575. The average Bonchev–Trinajstić information content (AvgIpc) is 1.87. The van der Waals surface area contributed by atoms with Crippen molar-refractivity contribution in [2.75, 3.05) is 6.61 Å². The van der Waals surface area contributed by atoms with Gasteiger partial charge in [-0.15, -0.1) is 0 Å². The third-order valence-corrected chi connectivity index (χ3v) is 1.61. The summed E-state index contributed by atoms with van der Waals surface area (Å²) in [4.78, 5) is 10.6. The van der Waals surface area contributed by atoms with Gasteiger partial charge in [0.1, 0.15) is 0 Å². The monoisotopic (exact) mass is 197 g/mol. The molecule has 0 saturated carbocycles. The van der Waals surface area contributed by atoms with Gasteiger partial charge in [-0.1, -0.05) is 0 Å². The van der Waals surface area contributed by atoms with Crippen LogP contribution in [0.5, 0.6) is 0 Å². The average molecular weight is 196 g/mol. The van der Waals surface area contributed by atoms with Crippen molar-refractivity contribution < 1.29 is 9.53 Å². The number of esters is 1. The third-order valence-electron chi connectivity index (χ3n) is 0.786. The van der Waals surface area contributed by atoms with E-state index in [0.29, 0.717) is 11.9 Å². The second-order valence-corrected chi connectivity index (χ2v) is 2.31. The number of carbonyl (C=O) groups excluding carboxylic acids is 1. The molecule has 0 amide bonds. The van der Waals surface area contributed by atoms with E-state index in [1.807, 2.05) is 0 Å². The SMILES string of the molecule is CCOC(=O)[C@@H](N)C[SeH]. The molecule has 4 heteroatoms. The topological polar surface area (TPSA) is 52.3 Å². The van der Waals surface area contributed by atoms with Crippen LogP contribution in [0, 0.1) is 0 Å². The van der Waals surface area contributed by atoms with E-state index >= 15 is 0 Å². The summed E-state index contributed by atoms with van der Waals surface area (Å²) < 4.78 is 4.62. The molecule has 0 fully saturated rings. The molecule has 0 heterocycles. The summed E-state index contributed by atoms with van der Waals surface area (Å²) in [6.07, 6.45) is 0. The second-order valence-electron chi connectivity index (χ2n) is 1.54. The Morgan fingerprint density at radius 1 is 1.89 bits per heavy atom. The van der Waals surface area contributed by atoms with Crippen LogP contribution < -0.4 is 5.73 Å². The number of nitrogens with two attached hydrogens (primary N) is 1. The van der Waals surface area contributed by atoms with Crippen LogP contribution in [-0.4, -0.2) is 34.6 Å². The second kappa shape index (κ2) is 4.79. The zero-order chi connectivity index (χ0) is 7.28. The summed E-state index contributed by atoms with van der Waals surface area (Å²) in [7, 11) is 0. The van der Waals surface area contributed by atoms with Crippen molar-refractivity contribution in [3.8, 4) is 0 Å². The summed E-state index contributed by atoms with van der Waals surface area (Å²) in [5.41, 5.74) is 5.31. The van der Waals surface area contributed by atoms with Crippen LogP contribution in [0.1, 0.15) is 6.92 Å². The fourth-order valence-electron chi connectivity index (χ4n) is 0.324. The molecule has 3 nitrogen and oxygen atoms in total. The molecule has 0 unspecified atom stereocenters. The van der Waals surface area contributed by atoms with Crippen LogP contribution in [0.2, 0.25) is 5.32 Å². The van der Waals surface area contributed by atoms with E-state index in [1.165, 1.54) is 0 Å². The molecule has 0 aliphatic heterocycles. The number of hydrogen-bond acceptors (Lipinski definition) is 3. The molecule has 54 valence electrons. The van der Waals surface area contributed by atoms with Crippen molar-refractivity contribution in [3.63, 3.8) is 0 Å². The van der Waals surface area contributed by atoms with Crippen LogP contribution >= 0.6 is 0 Å². The Morgan fingerprint density at radius 3 is 2.78 bits per heavy atom. The molecule has 0 aromatic carbocycles. The molecule has 2 N–H and O–H groups in total. The van der Waals surface area contributed by atoms with E-state index < -0.39 is 6.04 Å². The summed E-state index contributed by atoms with van der Waals surface area (Å²) in [6, 6.07) is -0.468. The van der Waals surface area contributed by atoms with Gasteiger partial charge in [0, 0.05) is 0 Å². The Kier molecular flexibility index (Phi) is 4.77. The molecular formula is C5H11NO2Se. The molecule has 9 heavy (non-hydrogen) atoms. The quantitative estimate of drug-likeness (QED) is 0.474. The van der Waals surface area contributed by atoms with Gasteiger partial charge in [0.25, 0.3) is 0 Å². The van der Waals surface area contributed by atoms with E-state index in [0.717, 1.165) is 0 Å². The van der Waals surface area contributed by atoms with Gasteiger partial charge in [0.05, 0.1) is 0 Å². The van der Waals surface area contributed by atoms with Gasteiger partial charge in [-0.25, -0.2) is 0 Å². The Labute approximate surface area is 62.7 Å². The van der Waals surface area contributed by atoms with E-state index in [9.17, 15) is 4.79 Å². The zero-order valence-corrected chi connectivity index (χ0v) is 7.21. The molecule has 0 aliphatic rings. The first-order chi connectivity index (χ1) is 4.22. The molecule has 0 saturated heterocycles. The molecule has 0 aromatic rings. The predicted octanol–water partition coefficient (Wildman–Crippen LogP) is -0.804. The number of hydrogen-bond donors (Lipinski definition) is 1. The van der Waals surface area contributed by atoms with Crippen molar-refractivity contribution in [1.82, 2.24) is 0 Å². The molecule has 0 rings (SSSR count). The fraction of sp³-hybridized carbons (Fsp3) is 0.800. The van der Waals surface area contributed by atoms with Crippen LogP contribution in [0.25, 0.3) is 0 Å². The third kappa shape index (κ3) is 3.51. The maximum atomic E-state index is 10.6. The normalized spacial score (nSPS) is 12.8. The van der Waals surface area contributed by atoms with Gasteiger partial charge < -0.3 is 0 Å². The van der Waals surface area contributed by atoms with Crippen LogP contribution in [0.4, 0.5) is 0 Å². The first kappa shape index (κ1) is 8.95. The summed E-state index contributed by atoms with van der Waals surface area (Å²) in [6.45, 7) is 2.16. The number of carbonyl (C=O) groups is 1. The van der Waals surface area contributed by atoms with Crippen molar-refractivity contribution in [2.24, 2.45) is 5.73 Å². The minimum absolute atomic E-state index is 0.321. The Balaban J connectivity index is 3.46. The van der Waals surface area contributed by atoms with Crippen molar-refractivity contribution in [1.29, 1.82) is 0 Å². The van der Waals surface area contributed by atoms with Gasteiger partial charge in [-0.3, -0.25) is 0 Å². The van der Waals surface area contributed by atoms with E-state index in [1.54, 1.807) is 6.92 Å². The minimum atomic E-state index is -0.468. The first-order valence-corrected chi connectivity index (χ1v) is 4.08. The number of ether oxygens (including phenoxy) is 1. The standard InChI is InChI=1S/C5H11NO2Se/c1-2-8-5(7)4(6)3-9/h4,9H,2-3,6H2,1H3/t4-/m0/s1. The van der Waals surface area contributed by atoms with Crippen molar-refractivity contribution in [3.05, 3.63) is 0 Å². The number of rotatable bonds is 3. The fourth-order valence-corrected chi connectivity index (χ4v) is 0.637. The van der Waals surface area contributed by atoms with E-state index in [4.69, 9.17) is 5.73 Å². The molecule has 0 aromatic heterocycles. The van der Waals surface area contributed by atoms with Crippen LogP contribution in [0.3, 0.4) is 0 Å². The summed E-state index contributed by atoms with van der Waals surface area (Å²) >= 11 is 2.25.